The van der Waals surface area contributed by atoms with Crippen LogP contribution in [0.15, 0.2) is 60.8 Å². The van der Waals surface area contributed by atoms with Gasteiger partial charge in [-0.3, -0.25) is 4.98 Å². The molecule has 124 valence electrons. The zero-order valence-electron chi connectivity index (χ0n) is 13.6. The molecule has 3 N–H and O–H groups in total. The molecule has 0 saturated heterocycles. The highest BCUT2D eigenvalue weighted by Crippen LogP contribution is 2.46. The Balaban J connectivity index is 1.75. The van der Waals surface area contributed by atoms with Crippen molar-refractivity contribution in [1.29, 1.82) is 0 Å². The van der Waals surface area contributed by atoms with Crippen LogP contribution in [0, 0.1) is 0 Å². The van der Waals surface area contributed by atoms with Gasteiger partial charge < -0.3 is 14.8 Å². The standard InChI is InChI=1S/C21H18N2O2/c24-20-17(13-5-2-1-3-6-13)18(21(25)22-20)16-10-9-14-7-4-8-15-11-12-23(16)19(14)15/h1-8,11-12,16,22,24-25H,9-10H2. The molecule has 1 aliphatic rings. The molecule has 2 aromatic carbocycles. The van der Waals surface area contributed by atoms with Crippen molar-refractivity contribution in [3.05, 3.63) is 71.9 Å². The van der Waals surface area contributed by atoms with Crippen molar-refractivity contribution in [1.82, 2.24) is 9.55 Å². The average Bonchev–Trinajstić information content (AvgIpc) is 3.19. The second kappa shape index (κ2) is 5.18. The molecule has 1 atom stereocenters. The van der Waals surface area contributed by atoms with Crippen LogP contribution in [-0.2, 0) is 6.42 Å². The average molecular weight is 330 g/mol. The Morgan fingerprint density at radius 3 is 2.60 bits per heavy atom. The summed E-state index contributed by atoms with van der Waals surface area (Å²) in [5.74, 6) is 0.0588. The largest absolute Gasteiger partial charge is 0.494 e. The van der Waals surface area contributed by atoms with Gasteiger partial charge in [0.15, 0.2) is 11.8 Å². The third-order valence-electron chi connectivity index (χ3n) is 5.24. The van der Waals surface area contributed by atoms with Crippen molar-refractivity contribution in [2.75, 3.05) is 0 Å². The summed E-state index contributed by atoms with van der Waals surface area (Å²) >= 11 is 0. The first kappa shape index (κ1) is 14.2. The Labute approximate surface area is 145 Å². The van der Waals surface area contributed by atoms with Gasteiger partial charge in [-0.1, -0.05) is 48.5 Å². The van der Waals surface area contributed by atoms with Gasteiger partial charge in [0, 0.05) is 11.8 Å². The zero-order chi connectivity index (χ0) is 17.0. The van der Waals surface area contributed by atoms with Crippen LogP contribution in [0.1, 0.15) is 23.6 Å². The molecule has 3 heterocycles. The molecule has 2 aromatic heterocycles. The number of H-pyrrole nitrogens is 1. The second-order valence-corrected chi connectivity index (χ2v) is 6.61. The quantitative estimate of drug-likeness (QED) is 0.504. The molecule has 0 spiro atoms. The lowest BCUT2D eigenvalue weighted by molar-refractivity contribution is 0.416. The molecule has 0 bridgehead atoms. The fourth-order valence-corrected chi connectivity index (χ4v) is 4.18. The molecular formula is C21H18N2O2. The normalized spacial score (nSPS) is 16.4. The van der Waals surface area contributed by atoms with E-state index in [1.165, 1.54) is 16.5 Å². The van der Waals surface area contributed by atoms with Crippen LogP contribution in [0.25, 0.3) is 22.0 Å². The predicted molar refractivity (Wildman–Crippen MR) is 98.0 cm³/mol. The van der Waals surface area contributed by atoms with E-state index in [9.17, 15) is 10.2 Å². The molecule has 4 aromatic rings. The van der Waals surface area contributed by atoms with Gasteiger partial charge in [0.1, 0.15) is 0 Å². The topological polar surface area (TPSA) is 61.2 Å². The highest BCUT2D eigenvalue weighted by Gasteiger charge is 2.30. The van der Waals surface area contributed by atoms with Crippen molar-refractivity contribution >= 4 is 10.9 Å². The van der Waals surface area contributed by atoms with Crippen molar-refractivity contribution in [3.63, 3.8) is 0 Å². The molecule has 4 nitrogen and oxygen atoms in total. The lowest BCUT2D eigenvalue weighted by Crippen LogP contribution is -2.16. The Morgan fingerprint density at radius 1 is 0.920 bits per heavy atom. The fraction of sp³-hybridized carbons (Fsp3) is 0.143. The van der Waals surface area contributed by atoms with Crippen LogP contribution in [0.4, 0.5) is 0 Å². The minimum Gasteiger partial charge on any atom is -0.494 e. The van der Waals surface area contributed by atoms with Crippen molar-refractivity contribution in [2.45, 2.75) is 18.9 Å². The number of aromatic nitrogens is 2. The van der Waals surface area contributed by atoms with Crippen molar-refractivity contribution in [3.8, 4) is 22.9 Å². The fourth-order valence-electron chi connectivity index (χ4n) is 4.18. The zero-order valence-corrected chi connectivity index (χ0v) is 13.6. The van der Waals surface area contributed by atoms with E-state index in [1.807, 2.05) is 30.3 Å². The molecule has 4 heteroatoms. The number of rotatable bonds is 2. The SMILES string of the molecule is Oc1[nH]c(O)c(C2CCc3cccc4ccn2c34)c1-c1ccccc1. The lowest BCUT2D eigenvalue weighted by atomic mass is 9.91. The first-order valence-electron chi connectivity index (χ1n) is 8.51. The summed E-state index contributed by atoms with van der Waals surface area (Å²) in [6.45, 7) is 0. The van der Waals surface area contributed by atoms with Crippen LogP contribution >= 0.6 is 0 Å². The van der Waals surface area contributed by atoms with Gasteiger partial charge in [-0.2, -0.15) is 0 Å². The number of aromatic amines is 1. The van der Waals surface area contributed by atoms with Gasteiger partial charge in [-0.15, -0.1) is 0 Å². The number of aryl methyl sites for hydroxylation is 1. The van der Waals surface area contributed by atoms with E-state index in [1.54, 1.807) is 0 Å². The molecular weight excluding hydrogens is 312 g/mol. The van der Waals surface area contributed by atoms with E-state index >= 15 is 0 Å². The summed E-state index contributed by atoms with van der Waals surface area (Å²) in [5.41, 5.74) is 4.89. The summed E-state index contributed by atoms with van der Waals surface area (Å²) in [6, 6.07) is 18.2. The third-order valence-corrected chi connectivity index (χ3v) is 5.24. The number of para-hydroxylation sites is 1. The van der Waals surface area contributed by atoms with Crippen LogP contribution < -0.4 is 0 Å². The number of hydrogen-bond acceptors (Lipinski definition) is 2. The molecule has 0 amide bonds. The number of benzene rings is 2. The maximum atomic E-state index is 10.5. The Hall–Kier alpha value is -3.14. The van der Waals surface area contributed by atoms with Gasteiger partial charge in [0.2, 0.25) is 0 Å². The van der Waals surface area contributed by atoms with Crippen LogP contribution in [0.5, 0.6) is 11.8 Å². The van der Waals surface area contributed by atoms with E-state index in [4.69, 9.17) is 0 Å². The van der Waals surface area contributed by atoms with Crippen LogP contribution in [-0.4, -0.2) is 19.8 Å². The summed E-state index contributed by atoms with van der Waals surface area (Å²) in [4.78, 5) is 2.72. The third kappa shape index (κ3) is 2.00. The van der Waals surface area contributed by atoms with Crippen molar-refractivity contribution in [2.24, 2.45) is 0 Å². The molecule has 5 rings (SSSR count). The summed E-state index contributed by atoms with van der Waals surface area (Å²) in [5, 5.41) is 22.2. The first-order valence-corrected chi connectivity index (χ1v) is 8.51. The Morgan fingerprint density at radius 2 is 1.76 bits per heavy atom. The first-order chi connectivity index (χ1) is 12.2. The van der Waals surface area contributed by atoms with Crippen LogP contribution in [0.2, 0.25) is 0 Å². The van der Waals surface area contributed by atoms with Gasteiger partial charge >= 0.3 is 0 Å². The maximum absolute atomic E-state index is 10.5. The van der Waals surface area contributed by atoms with E-state index in [0.717, 1.165) is 24.0 Å². The smallest absolute Gasteiger partial charge is 0.199 e. The lowest BCUT2D eigenvalue weighted by Gasteiger charge is -2.27. The summed E-state index contributed by atoms with van der Waals surface area (Å²) < 4.78 is 2.23. The molecule has 0 fully saturated rings. The second-order valence-electron chi connectivity index (χ2n) is 6.61. The van der Waals surface area contributed by atoms with E-state index < -0.39 is 0 Å². The molecule has 1 aliphatic heterocycles. The summed E-state index contributed by atoms with van der Waals surface area (Å²) in [6.07, 6.45) is 3.91. The predicted octanol–water partition coefficient (Wildman–Crippen LogP) is 4.58. The molecule has 0 aliphatic carbocycles. The number of nitrogens with zero attached hydrogens (tertiary/aromatic N) is 1. The monoisotopic (exact) mass is 330 g/mol. The number of nitrogens with one attached hydrogen (secondary N) is 1. The van der Waals surface area contributed by atoms with E-state index in [0.29, 0.717) is 5.56 Å². The van der Waals surface area contributed by atoms with Gasteiger partial charge in [-0.25, -0.2) is 0 Å². The maximum Gasteiger partial charge on any atom is 0.199 e. The molecule has 1 unspecified atom stereocenters. The number of hydrogen-bond donors (Lipinski definition) is 3. The Bertz CT molecular complexity index is 1080. The van der Waals surface area contributed by atoms with Crippen molar-refractivity contribution < 1.29 is 10.2 Å². The highest BCUT2D eigenvalue weighted by molar-refractivity contribution is 5.85. The van der Waals surface area contributed by atoms with Gasteiger partial charge in [-0.05, 0) is 35.4 Å². The highest BCUT2D eigenvalue weighted by atomic mass is 16.3. The minimum atomic E-state index is -0.0141. The molecule has 0 radical (unpaired) electrons. The number of aromatic hydroxyl groups is 2. The van der Waals surface area contributed by atoms with E-state index in [2.05, 4.69) is 40.0 Å². The van der Waals surface area contributed by atoms with Crippen LogP contribution in [0.3, 0.4) is 0 Å². The van der Waals surface area contributed by atoms with Gasteiger partial charge in [0.25, 0.3) is 0 Å². The molecule has 25 heavy (non-hydrogen) atoms. The summed E-state index contributed by atoms with van der Waals surface area (Å²) in [7, 11) is 0. The minimum absolute atomic E-state index is 0.0141. The van der Waals surface area contributed by atoms with Gasteiger partial charge in [0.05, 0.1) is 17.1 Å². The molecule has 0 saturated carbocycles. The Kier molecular flexibility index (Phi) is 2.95. The van der Waals surface area contributed by atoms with E-state index in [-0.39, 0.29) is 17.8 Å².